The van der Waals surface area contributed by atoms with E-state index in [1.165, 1.54) is 7.11 Å². The Bertz CT molecular complexity index is 799. The second-order valence-electron chi connectivity index (χ2n) is 6.71. The lowest BCUT2D eigenvalue weighted by Crippen LogP contribution is -2.36. The Morgan fingerprint density at radius 3 is 2.79 bits per heavy atom. The van der Waals surface area contributed by atoms with Crippen LogP contribution in [0.1, 0.15) is 29.9 Å². The van der Waals surface area contributed by atoms with Crippen molar-refractivity contribution in [2.24, 2.45) is 0 Å². The van der Waals surface area contributed by atoms with E-state index in [0.717, 1.165) is 16.5 Å². The normalized spacial score (nSPS) is 31.5. The number of fused-ring (bicyclic) bond motifs is 2. The molecule has 2 aliphatic heterocycles. The highest BCUT2D eigenvalue weighted by molar-refractivity contribution is 6.08. The maximum absolute atomic E-state index is 13.0. The minimum atomic E-state index is -0.811. The number of carbonyl (C=O) groups excluding carboxylic acids is 1. The van der Waals surface area contributed by atoms with Crippen LogP contribution in [-0.4, -0.2) is 53.5 Å². The van der Waals surface area contributed by atoms with E-state index in [9.17, 15) is 4.79 Å². The number of ketones is 1. The molecule has 2 saturated heterocycles. The van der Waals surface area contributed by atoms with Crippen molar-refractivity contribution in [1.29, 1.82) is 0 Å². The fourth-order valence-electron chi connectivity index (χ4n) is 3.42. The summed E-state index contributed by atoms with van der Waals surface area (Å²) < 4.78 is 22.8. The van der Waals surface area contributed by atoms with Gasteiger partial charge in [-0.05, 0) is 32.4 Å². The van der Waals surface area contributed by atoms with Crippen molar-refractivity contribution < 1.29 is 23.7 Å². The largest absolute Gasteiger partial charge is 0.353 e. The summed E-state index contributed by atoms with van der Waals surface area (Å²) >= 11 is 0. The highest BCUT2D eigenvalue weighted by atomic mass is 16.8. The first kappa shape index (κ1) is 15.7. The lowest BCUT2D eigenvalue weighted by molar-refractivity contribution is -0.220. The van der Waals surface area contributed by atoms with Crippen molar-refractivity contribution in [2.45, 2.75) is 51.2 Å². The smallest absolute Gasteiger partial charge is 0.215 e. The average molecular weight is 332 g/mol. The summed E-state index contributed by atoms with van der Waals surface area (Å²) in [5.41, 5.74) is 2.26. The van der Waals surface area contributed by atoms with E-state index in [0.29, 0.717) is 5.69 Å². The van der Waals surface area contributed by atoms with Crippen molar-refractivity contribution in [1.82, 2.24) is 10.2 Å². The van der Waals surface area contributed by atoms with Crippen LogP contribution in [0.4, 0.5) is 0 Å². The third-order valence-corrected chi connectivity index (χ3v) is 4.45. The number of aromatic amines is 1. The topological polar surface area (TPSA) is 82.7 Å². The fraction of sp³-hybridized carbons (Fsp3) is 0.529. The number of Topliss-reactive ketones (excluding diaryl/α,β-unsaturated/α-hetero) is 1. The fourth-order valence-corrected chi connectivity index (χ4v) is 3.42. The number of H-pyrrole nitrogens is 1. The molecule has 0 radical (unpaired) electrons. The number of rotatable bonds is 3. The number of ether oxygens (including phenoxy) is 4. The number of hydrogen-bond acceptors (Lipinski definition) is 6. The highest BCUT2D eigenvalue weighted by Gasteiger charge is 2.58. The summed E-state index contributed by atoms with van der Waals surface area (Å²) in [5.74, 6) is -1.01. The summed E-state index contributed by atoms with van der Waals surface area (Å²) in [6.45, 7) is 5.61. The molecule has 3 heterocycles. The number of carbonyl (C=O) groups is 1. The highest BCUT2D eigenvalue weighted by Crippen LogP contribution is 2.40. The maximum Gasteiger partial charge on any atom is 0.215 e. The van der Waals surface area contributed by atoms with Crippen molar-refractivity contribution >= 4 is 16.7 Å². The van der Waals surface area contributed by atoms with Gasteiger partial charge in [0.2, 0.25) is 5.78 Å². The molecular formula is C17H20N2O5. The van der Waals surface area contributed by atoms with E-state index in [2.05, 4.69) is 10.2 Å². The van der Waals surface area contributed by atoms with Crippen LogP contribution < -0.4 is 0 Å². The van der Waals surface area contributed by atoms with Crippen LogP contribution in [0, 0.1) is 6.92 Å². The van der Waals surface area contributed by atoms with Crippen LogP contribution in [0.2, 0.25) is 0 Å². The Morgan fingerprint density at radius 2 is 2.04 bits per heavy atom. The Morgan fingerprint density at radius 1 is 1.29 bits per heavy atom. The molecule has 2 aromatic rings. The molecule has 128 valence electrons. The summed E-state index contributed by atoms with van der Waals surface area (Å²) in [6, 6.07) is 5.79. The first-order chi connectivity index (χ1) is 11.4. The Labute approximate surface area is 139 Å². The van der Waals surface area contributed by atoms with Crippen molar-refractivity contribution in [3.63, 3.8) is 0 Å². The SMILES string of the molecule is CO[C@@H]1O[C@H](C(=O)c2n[nH]c3cc(C)ccc23)[C@H]2OC(C)(C)O[C@@H]12. The number of benzene rings is 1. The minimum Gasteiger partial charge on any atom is -0.353 e. The summed E-state index contributed by atoms with van der Waals surface area (Å²) in [5, 5.41) is 7.86. The third-order valence-electron chi connectivity index (χ3n) is 4.45. The van der Waals surface area contributed by atoms with Crippen molar-refractivity contribution in [3.8, 4) is 0 Å². The second kappa shape index (κ2) is 5.35. The molecule has 0 bridgehead atoms. The van der Waals surface area contributed by atoms with Gasteiger partial charge in [0.25, 0.3) is 0 Å². The summed E-state index contributed by atoms with van der Waals surface area (Å²) in [4.78, 5) is 13.0. The van der Waals surface area contributed by atoms with Gasteiger partial charge in [0.05, 0.1) is 5.52 Å². The molecule has 7 nitrogen and oxygen atoms in total. The Hall–Kier alpha value is -1.80. The zero-order chi connectivity index (χ0) is 17.1. The molecule has 0 aliphatic carbocycles. The number of aromatic nitrogens is 2. The zero-order valence-electron chi connectivity index (χ0n) is 14.0. The quantitative estimate of drug-likeness (QED) is 0.865. The molecule has 1 aromatic heterocycles. The molecule has 0 spiro atoms. The van der Waals surface area contributed by atoms with Gasteiger partial charge in [-0.15, -0.1) is 0 Å². The van der Waals surface area contributed by atoms with E-state index in [1.54, 1.807) is 0 Å². The van der Waals surface area contributed by atoms with Gasteiger partial charge in [-0.25, -0.2) is 0 Å². The number of hydrogen-bond donors (Lipinski definition) is 1. The summed E-state index contributed by atoms with van der Waals surface area (Å²) in [7, 11) is 1.52. The van der Waals surface area contributed by atoms with Gasteiger partial charge in [0, 0.05) is 12.5 Å². The predicted molar refractivity (Wildman–Crippen MR) is 84.7 cm³/mol. The van der Waals surface area contributed by atoms with Crippen molar-refractivity contribution in [2.75, 3.05) is 7.11 Å². The molecule has 1 aromatic carbocycles. The second-order valence-corrected chi connectivity index (χ2v) is 6.71. The molecule has 0 saturated carbocycles. The van der Waals surface area contributed by atoms with Crippen molar-refractivity contribution in [3.05, 3.63) is 29.5 Å². The van der Waals surface area contributed by atoms with Crippen LogP contribution in [0.5, 0.6) is 0 Å². The van der Waals surface area contributed by atoms with Gasteiger partial charge < -0.3 is 18.9 Å². The van der Waals surface area contributed by atoms with Gasteiger partial charge in [0.15, 0.2) is 18.2 Å². The van der Waals surface area contributed by atoms with Gasteiger partial charge in [-0.1, -0.05) is 12.1 Å². The minimum absolute atomic E-state index is 0.235. The Kier molecular flexibility index (Phi) is 3.50. The molecule has 24 heavy (non-hydrogen) atoms. The number of nitrogens with zero attached hydrogens (tertiary/aromatic N) is 1. The monoisotopic (exact) mass is 332 g/mol. The van der Waals surface area contributed by atoms with Crippen LogP contribution in [-0.2, 0) is 18.9 Å². The van der Waals surface area contributed by atoms with Crippen LogP contribution in [0.15, 0.2) is 18.2 Å². The van der Waals surface area contributed by atoms with Crippen LogP contribution in [0.25, 0.3) is 10.9 Å². The molecule has 4 atom stereocenters. The molecule has 4 rings (SSSR count). The van der Waals surface area contributed by atoms with Crippen LogP contribution in [0.3, 0.4) is 0 Å². The van der Waals surface area contributed by atoms with Gasteiger partial charge in [-0.2, -0.15) is 5.10 Å². The van der Waals surface area contributed by atoms with Gasteiger partial charge in [-0.3, -0.25) is 9.89 Å². The summed E-state index contributed by atoms with van der Waals surface area (Å²) in [6.07, 6.45) is -2.41. The van der Waals surface area contributed by atoms with Gasteiger partial charge >= 0.3 is 0 Å². The van der Waals surface area contributed by atoms with Gasteiger partial charge in [0.1, 0.15) is 17.9 Å². The van der Waals surface area contributed by atoms with E-state index < -0.39 is 30.4 Å². The third kappa shape index (κ3) is 2.36. The van der Waals surface area contributed by atoms with Crippen LogP contribution >= 0.6 is 0 Å². The number of methoxy groups -OCH3 is 1. The molecule has 0 amide bonds. The average Bonchev–Trinajstić information content (AvgIpc) is 3.16. The first-order valence-corrected chi connectivity index (χ1v) is 7.92. The van der Waals surface area contributed by atoms with E-state index in [-0.39, 0.29) is 5.78 Å². The maximum atomic E-state index is 13.0. The van der Waals surface area contributed by atoms with E-state index in [1.807, 2.05) is 39.0 Å². The molecule has 2 aliphatic rings. The first-order valence-electron chi connectivity index (χ1n) is 7.92. The molecule has 1 N–H and O–H groups in total. The molecule has 2 fully saturated rings. The van der Waals surface area contributed by atoms with E-state index in [4.69, 9.17) is 18.9 Å². The number of aryl methyl sites for hydroxylation is 1. The predicted octanol–water partition coefficient (Wildman–Crippen LogP) is 1.95. The zero-order valence-corrected chi connectivity index (χ0v) is 14.0. The standard InChI is InChI=1S/C17H20N2O5/c1-8-5-6-9-10(7-8)18-19-11(9)12(20)13-14-15(16(21-4)22-13)24-17(2,3)23-14/h5-7,13-16H,1-4H3,(H,18,19)/t13-,14-,15-,16-/m1/s1. The Balaban J connectivity index is 1.68. The lowest BCUT2D eigenvalue weighted by Gasteiger charge is -2.22. The molecule has 7 heteroatoms. The van der Waals surface area contributed by atoms with E-state index >= 15 is 0 Å². The lowest BCUT2D eigenvalue weighted by atomic mass is 10.0. The molecule has 0 unspecified atom stereocenters. The number of nitrogens with one attached hydrogen (secondary N) is 1. The molecular weight excluding hydrogens is 312 g/mol.